The number of amides is 3. The lowest BCUT2D eigenvalue weighted by atomic mass is 9.76. The molecule has 1 unspecified atom stereocenters. The minimum Gasteiger partial charge on any atom is -0.382 e. The van der Waals surface area contributed by atoms with Gasteiger partial charge < -0.3 is 29.7 Å². The second-order valence-corrected chi connectivity index (χ2v) is 17.7. The highest BCUT2D eigenvalue weighted by molar-refractivity contribution is 6.34. The van der Waals surface area contributed by atoms with Crippen molar-refractivity contribution in [3.8, 4) is 22.3 Å². The molecule has 2 aliphatic heterocycles. The Balaban J connectivity index is 0.659. The monoisotopic (exact) mass is 921 g/mol. The van der Waals surface area contributed by atoms with Crippen molar-refractivity contribution in [2.24, 2.45) is 5.41 Å². The van der Waals surface area contributed by atoms with E-state index < -0.39 is 23.6 Å². The van der Waals surface area contributed by atoms with Crippen LogP contribution in [-0.2, 0) is 39.9 Å². The molecule has 2 aromatic heterocycles. The first-order chi connectivity index (χ1) is 32.1. The number of nitrogens with zero attached hydrogens (tertiary/aromatic N) is 5. The summed E-state index contributed by atoms with van der Waals surface area (Å²) in [5.41, 5.74) is 5.77. The van der Waals surface area contributed by atoms with Crippen LogP contribution in [-0.4, -0.2) is 127 Å². The van der Waals surface area contributed by atoms with Gasteiger partial charge in [0.05, 0.1) is 80.1 Å². The second kappa shape index (κ2) is 21.7. The van der Waals surface area contributed by atoms with Gasteiger partial charge in [0.1, 0.15) is 11.6 Å². The molecule has 2 aliphatic carbocycles. The molecular weight excluding hydrogens is 866 g/mol. The zero-order valence-electron chi connectivity index (χ0n) is 37.1. The van der Waals surface area contributed by atoms with E-state index >= 15 is 0 Å². The Morgan fingerprint density at radius 2 is 1.52 bits per heavy atom. The maximum Gasteiger partial charge on any atom is 0.264 e. The zero-order chi connectivity index (χ0) is 46.0. The fraction of sp³-hybridized carbons (Fsp3) is 0.469. The van der Waals surface area contributed by atoms with E-state index in [-0.39, 0.29) is 47.5 Å². The number of ketones is 3. The molecule has 4 heterocycles. The smallest absolute Gasteiger partial charge is 0.264 e. The summed E-state index contributed by atoms with van der Waals surface area (Å²) < 4.78 is 18.6. The van der Waals surface area contributed by atoms with Crippen molar-refractivity contribution in [1.29, 1.82) is 0 Å². The number of piperidine rings is 1. The minimum absolute atomic E-state index is 0.0520. The van der Waals surface area contributed by atoms with E-state index in [1.165, 1.54) is 0 Å². The summed E-state index contributed by atoms with van der Waals surface area (Å²) >= 11 is 6.76. The second-order valence-electron chi connectivity index (χ2n) is 17.3. The summed E-state index contributed by atoms with van der Waals surface area (Å²) in [6, 6.07) is 12.3. The maximum absolute atomic E-state index is 13.3. The third-order valence-corrected chi connectivity index (χ3v) is 13.4. The number of Topliss-reactive ketones (excluding diaryl/α,β-unsaturated/α-hetero) is 3. The number of carbonyl (C=O) groups excluding carboxylic acids is 6. The van der Waals surface area contributed by atoms with E-state index in [0.29, 0.717) is 95.0 Å². The molecule has 0 radical (unpaired) electrons. The van der Waals surface area contributed by atoms with E-state index in [1.807, 2.05) is 23.3 Å². The lowest BCUT2D eigenvalue weighted by molar-refractivity contribution is -0.132. The third-order valence-electron chi connectivity index (χ3n) is 13.1. The van der Waals surface area contributed by atoms with Crippen molar-refractivity contribution in [2.75, 3.05) is 76.0 Å². The molecule has 348 valence electrons. The van der Waals surface area contributed by atoms with Crippen LogP contribution in [0, 0.1) is 5.41 Å². The van der Waals surface area contributed by atoms with Crippen molar-refractivity contribution in [3.05, 3.63) is 83.4 Å². The van der Waals surface area contributed by atoms with Gasteiger partial charge in [0.15, 0.2) is 5.78 Å². The van der Waals surface area contributed by atoms with Crippen molar-refractivity contribution < 1.29 is 43.0 Å². The summed E-state index contributed by atoms with van der Waals surface area (Å²) in [5, 5.41) is 11.2. The normalized spacial score (nSPS) is 18.1. The molecule has 4 aromatic rings. The third kappa shape index (κ3) is 10.7. The Morgan fingerprint density at radius 1 is 0.788 bits per heavy atom. The number of anilines is 2. The number of imide groups is 1. The first-order valence-corrected chi connectivity index (χ1v) is 23.3. The lowest BCUT2D eigenvalue weighted by Gasteiger charge is -2.40. The van der Waals surface area contributed by atoms with Gasteiger partial charge in [-0.25, -0.2) is 0 Å². The number of pyridine rings is 1. The number of halogens is 1. The van der Waals surface area contributed by atoms with E-state index in [2.05, 4.69) is 49.9 Å². The number of benzene rings is 2. The summed E-state index contributed by atoms with van der Waals surface area (Å²) in [6.45, 7) is 5.11. The van der Waals surface area contributed by atoms with Gasteiger partial charge in [0.25, 0.3) is 11.8 Å². The molecule has 1 atom stereocenters. The van der Waals surface area contributed by atoms with Crippen LogP contribution in [0.3, 0.4) is 0 Å². The van der Waals surface area contributed by atoms with Gasteiger partial charge >= 0.3 is 0 Å². The van der Waals surface area contributed by atoms with Crippen LogP contribution in [0.15, 0.2) is 67.3 Å². The predicted molar refractivity (Wildman–Crippen MR) is 246 cm³/mol. The summed E-state index contributed by atoms with van der Waals surface area (Å²) in [6.07, 6.45) is 12.9. The van der Waals surface area contributed by atoms with Gasteiger partial charge in [-0.05, 0) is 61.8 Å². The fourth-order valence-corrected chi connectivity index (χ4v) is 9.81. The molecule has 66 heavy (non-hydrogen) atoms. The highest BCUT2D eigenvalue weighted by Gasteiger charge is 2.46. The van der Waals surface area contributed by atoms with Crippen LogP contribution >= 0.6 is 11.6 Å². The minimum atomic E-state index is -0.913. The Bertz CT molecular complexity index is 2430. The average Bonchev–Trinajstić information content (AvgIpc) is 4.01. The summed E-state index contributed by atoms with van der Waals surface area (Å²) in [7, 11) is 0. The summed E-state index contributed by atoms with van der Waals surface area (Å²) in [5.74, 6) is -1.25. The van der Waals surface area contributed by atoms with Crippen molar-refractivity contribution in [1.82, 2.24) is 25.0 Å². The molecule has 2 saturated carbocycles. The molecule has 3 fully saturated rings. The molecule has 1 saturated heterocycles. The standard InChI is InChI=1S/C49H56ClN7O9/c50-39-31-51-30-38(46(39)55-20-15-49(16-21-55)14-2-6-43(49)60)34-10-8-33(9-11-34)35-29-54-56(32-35)19-3-7-44(61)53-18-23-65-25-27-66-26-24-64-22-17-52-40-5-1-4-37-45(40)48(63)57(47(37)62)41-13-12-36(58)28-42(41)59/h1,4-5,8-11,29-32,41,52H,2-3,6-7,12-28H2,(H,53,61). The van der Waals surface area contributed by atoms with Crippen LogP contribution in [0.5, 0.6) is 0 Å². The molecule has 3 amide bonds. The van der Waals surface area contributed by atoms with Crippen molar-refractivity contribution in [3.63, 3.8) is 0 Å². The molecule has 2 aromatic carbocycles. The molecule has 8 rings (SSSR count). The number of hydrogen-bond donors (Lipinski definition) is 2. The first-order valence-electron chi connectivity index (χ1n) is 23.0. The molecular formula is C49H56ClN7O9. The Kier molecular flexibility index (Phi) is 15.3. The molecule has 17 heteroatoms. The Labute approximate surface area is 388 Å². The Morgan fingerprint density at radius 3 is 2.24 bits per heavy atom. The quantitative estimate of drug-likeness (QED) is 0.0567. The number of carbonyl (C=O) groups is 6. The van der Waals surface area contributed by atoms with Gasteiger partial charge in [-0.3, -0.25) is 43.3 Å². The highest BCUT2D eigenvalue weighted by atomic mass is 35.5. The molecule has 0 bridgehead atoms. The highest BCUT2D eigenvalue weighted by Crippen LogP contribution is 2.46. The van der Waals surface area contributed by atoms with Crippen molar-refractivity contribution >= 4 is 58.0 Å². The molecule has 16 nitrogen and oxygen atoms in total. The predicted octanol–water partition coefficient (Wildman–Crippen LogP) is 5.95. The number of fused-ring (bicyclic) bond motifs is 1. The topological polar surface area (TPSA) is 191 Å². The number of nitrogens with one attached hydrogen (secondary N) is 2. The van der Waals surface area contributed by atoms with Crippen LogP contribution in [0.25, 0.3) is 22.3 Å². The number of aryl methyl sites for hydroxylation is 1. The number of aromatic nitrogens is 3. The van der Waals surface area contributed by atoms with Crippen LogP contribution in [0.4, 0.5) is 11.4 Å². The van der Waals surface area contributed by atoms with Gasteiger partial charge in [-0.2, -0.15) is 5.10 Å². The molecule has 1 spiro atoms. The zero-order valence-corrected chi connectivity index (χ0v) is 37.8. The number of ether oxygens (including phenoxy) is 3. The van der Waals surface area contributed by atoms with Gasteiger partial charge in [0.2, 0.25) is 5.91 Å². The summed E-state index contributed by atoms with van der Waals surface area (Å²) in [4.78, 5) is 83.3. The van der Waals surface area contributed by atoms with Gasteiger partial charge in [0, 0.05) is 92.8 Å². The van der Waals surface area contributed by atoms with Gasteiger partial charge in [-0.1, -0.05) is 41.9 Å². The molecule has 2 N–H and O–H groups in total. The largest absolute Gasteiger partial charge is 0.382 e. The van der Waals surface area contributed by atoms with E-state index in [1.54, 1.807) is 24.4 Å². The van der Waals surface area contributed by atoms with Crippen molar-refractivity contribution in [2.45, 2.75) is 76.8 Å². The first kappa shape index (κ1) is 46.7. The fourth-order valence-electron chi connectivity index (χ4n) is 9.54. The number of rotatable bonds is 21. The van der Waals surface area contributed by atoms with E-state index in [0.717, 1.165) is 71.6 Å². The van der Waals surface area contributed by atoms with Gasteiger partial charge in [-0.15, -0.1) is 0 Å². The van der Waals surface area contributed by atoms with E-state index in [9.17, 15) is 28.8 Å². The SMILES string of the molecule is O=C1CCC(N2C(=O)c3cccc(NCCOCCOCCOCCNC(=O)CCCn4cc(-c5ccc(-c6cncc(Cl)c6N6CCC7(CCCC7=O)CC6)cc5)cn4)c3C2=O)C(=O)C1. The maximum atomic E-state index is 13.3. The van der Waals surface area contributed by atoms with Crippen LogP contribution in [0.1, 0.15) is 84.9 Å². The molecule has 4 aliphatic rings. The lowest BCUT2D eigenvalue weighted by Crippen LogP contribution is -2.47. The number of hydrogen-bond acceptors (Lipinski definition) is 13. The van der Waals surface area contributed by atoms with E-state index in [4.69, 9.17) is 25.8 Å². The van der Waals surface area contributed by atoms with Crippen LogP contribution in [0.2, 0.25) is 5.02 Å². The Hall–Kier alpha value is -5.81. The average molecular weight is 922 g/mol. The van der Waals surface area contributed by atoms with Crippen LogP contribution < -0.4 is 15.5 Å².